The first kappa shape index (κ1) is 4.04. The van der Waals surface area contributed by atoms with E-state index in [1.54, 1.807) is 0 Å². The molecule has 1 heterocycles. The Kier molecular flexibility index (Phi) is 0.680. The minimum absolute atomic E-state index is 0.294. The highest BCUT2D eigenvalue weighted by Gasteiger charge is 2.26. The second-order valence-electron chi connectivity index (χ2n) is 1.06. The monoisotopic (exact) mass is 101 g/mol. The van der Waals surface area contributed by atoms with E-state index in [1.807, 2.05) is 11.0 Å². The molecule has 0 aromatic carbocycles. The Hall–Kier alpha value is -1.13. The second-order valence-corrected chi connectivity index (χ2v) is 1.06. The smallest absolute Gasteiger partial charge is 0.265 e. The van der Waals surface area contributed by atoms with E-state index in [-0.39, 0.29) is 0 Å². The van der Waals surface area contributed by atoms with Crippen LogP contribution >= 0.6 is 0 Å². The third-order valence-corrected chi connectivity index (χ3v) is 0.524. The lowest BCUT2D eigenvalue weighted by atomic mass is 10.7. The van der Waals surface area contributed by atoms with Crippen LogP contribution in [0.5, 0.6) is 0 Å². The molecule has 0 atom stereocenters. The van der Waals surface area contributed by atoms with E-state index in [9.17, 15) is 9.70 Å². The summed E-state index contributed by atoms with van der Waals surface area (Å²) in [4.78, 5) is 20.2. The molecule has 1 aliphatic heterocycles. The van der Waals surface area contributed by atoms with Crippen LogP contribution in [0.1, 0.15) is 0 Å². The Bertz CT molecular complexity index is 106. The molecular formula is C2H3N3O2+. The molecule has 5 heteroatoms. The van der Waals surface area contributed by atoms with Gasteiger partial charge in [-0.3, -0.25) is 4.79 Å². The number of carbonyl (C=O) groups is 1. The highest BCUT2D eigenvalue weighted by molar-refractivity contribution is 5.82. The Morgan fingerprint density at radius 1 is 1.71 bits per heavy atom. The molecule has 1 aliphatic rings. The number of carbonyl (C=O) groups excluding carboxylic acids is 1. The lowest BCUT2D eigenvalue weighted by Gasteiger charge is -1.73. The van der Waals surface area contributed by atoms with Crippen molar-refractivity contribution in [3.05, 3.63) is 11.5 Å². The summed E-state index contributed by atoms with van der Waals surface area (Å²) in [5.41, 5.74) is 4.03. The molecule has 1 radical (unpaired) electrons. The molecule has 7 heavy (non-hydrogen) atoms. The number of hydrogen-bond acceptors (Lipinski definition) is 2. The van der Waals surface area contributed by atoms with Crippen LogP contribution in [0.4, 0.5) is 0 Å². The largest absolute Gasteiger partial charge is 0.391 e. The predicted molar refractivity (Wildman–Crippen MR) is 19.2 cm³/mol. The van der Waals surface area contributed by atoms with Crippen molar-refractivity contribution in [1.82, 2.24) is 11.0 Å². The van der Waals surface area contributed by atoms with Crippen molar-refractivity contribution in [1.29, 1.82) is 0 Å². The van der Waals surface area contributed by atoms with E-state index in [4.69, 9.17) is 0 Å². The number of hydrazine groups is 2. The topological polar surface area (TPSA) is 61.2 Å². The van der Waals surface area contributed by atoms with Gasteiger partial charge in [-0.25, -0.2) is 5.43 Å². The molecule has 1 rings (SSSR count). The van der Waals surface area contributed by atoms with Gasteiger partial charge in [0.15, 0.2) is 4.87 Å². The SMILES string of the molecule is O=C1[CH][N+](=O)NN1. The van der Waals surface area contributed by atoms with Crippen LogP contribution < -0.4 is 11.0 Å². The molecule has 37 valence electrons. The molecule has 0 aromatic rings. The predicted octanol–water partition coefficient (Wildman–Crippen LogP) is -1.52. The Morgan fingerprint density at radius 2 is 2.43 bits per heavy atom. The molecule has 0 unspecified atom stereocenters. The molecule has 0 aromatic heterocycles. The minimum atomic E-state index is -0.421. The van der Waals surface area contributed by atoms with Crippen LogP contribution in [0.15, 0.2) is 0 Å². The Labute approximate surface area is 39.2 Å². The average Bonchev–Trinajstić information content (AvgIpc) is 1.87. The molecule has 0 spiro atoms. The summed E-state index contributed by atoms with van der Waals surface area (Å²) in [6, 6.07) is 0. The maximum Gasteiger partial charge on any atom is 0.391 e. The van der Waals surface area contributed by atoms with E-state index in [0.29, 0.717) is 4.87 Å². The van der Waals surface area contributed by atoms with Crippen LogP contribution in [-0.2, 0) is 4.79 Å². The van der Waals surface area contributed by atoms with Gasteiger partial charge in [0.1, 0.15) is 0 Å². The third kappa shape index (κ3) is 0.648. The summed E-state index contributed by atoms with van der Waals surface area (Å²) in [6.07, 6.45) is 0. The van der Waals surface area contributed by atoms with Crippen LogP contribution in [-0.4, -0.2) is 10.8 Å². The molecule has 0 aliphatic carbocycles. The minimum Gasteiger partial charge on any atom is -0.265 e. The van der Waals surface area contributed by atoms with Gasteiger partial charge in [0.2, 0.25) is 0 Å². The van der Waals surface area contributed by atoms with E-state index in [0.717, 1.165) is 6.54 Å². The fourth-order valence-corrected chi connectivity index (χ4v) is 0.281. The number of nitrogens with zero attached hydrogens (tertiary/aromatic N) is 1. The molecule has 1 fully saturated rings. The van der Waals surface area contributed by atoms with Crippen molar-refractivity contribution >= 4 is 5.91 Å². The molecule has 0 saturated carbocycles. The number of rotatable bonds is 0. The van der Waals surface area contributed by atoms with Gasteiger partial charge in [-0.2, -0.15) is 0 Å². The van der Waals surface area contributed by atoms with Gasteiger partial charge in [-0.1, -0.05) is 5.53 Å². The van der Waals surface area contributed by atoms with Gasteiger partial charge in [0.25, 0.3) is 0 Å². The molecule has 0 bridgehead atoms. The summed E-state index contributed by atoms with van der Waals surface area (Å²) in [6.45, 7) is 0.861. The molecule has 5 nitrogen and oxygen atoms in total. The van der Waals surface area contributed by atoms with Crippen LogP contribution in [0, 0.1) is 11.5 Å². The third-order valence-electron chi connectivity index (χ3n) is 0.524. The van der Waals surface area contributed by atoms with Gasteiger partial charge < -0.3 is 0 Å². The summed E-state index contributed by atoms with van der Waals surface area (Å²) in [7, 11) is 0. The van der Waals surface area contributed by atoms with Crippen LogP contribution in [0.2, 0.25) is 0 Å². The van der Waals surface area contributed by atoms with Crippen molar-refractivity contribution in [2.45, 2.75) is 0 Å². The zero-order valence-corrected chi connectivity index (χ0v) is 3.34. The molecule has 2 N–H and O–H groups in total. The fraction of sp³-hybridized carbons (Fsp3) is 0. The molecule has 1 saturated heterocycles. The number of nitroso groups, excluding NO2 is 1. The summed E-state index contributed by atoms with van der Waals surface area (Å²) >= 11 is 0. The van der Waals surface area contributed by atoms with E-state index in [2.05, 4.69) is 0 Å². The van der Waals surface area contributed by atoms with Gasteiger partial charge in [-0.05, 0) is 0 Å². The van der Waals surface area contributed by atoms with Crippen LogP contribution in [0.25, 0.3) is 0 Å². The lowest BCUT2D eigenvalue weighted by Crippen LogP contribution is -2.28. The van der Waals surface area contributed by atoms with Crippen molar-refractivity contribution in [2.75, 3.05) is 0 Å². The van der Waals surface area contributed by atoms with E-state index >= 15 is 0 Å². The van der Waals surface area contributed by atoms with E-state index < -0.39 is 5.91 Å². The first-order valence-corrected chi connectivity index (χ1v) is 1.66. The van der Waals surface area contributed by atoms with Crippen molar-refractivity contribution in [3.8, 4) is 0 Å². The standard InChI is InChI=1S/C2H3N3O2/c6-2-1-5(7)4-3-2/h1H,(H,3,6)(H,4,7)/q+1. The highest BCUT2D eigenvalue weighted by Crippen LogP contribution is 1.80. The first-order valence-electron chi connectivity index (χ1n) is 1.66. The van der Waals surface area contributed by atoms with Gasteiger partial charge in [0.05, 0.1) is 4.91 Å². The van der Waals surface area contributed by atoms with E-state index in [1.165, 1.54) is 0 Å². The Morgan fingerprint density at radius 3 is 2.57 bits per heavy atom. The Balaban J connectivity index is 2.55. The zero-order chi connectivity index (χ0) is 5.28. The second kappa shape index (κ2) is 1.18. The summed E-state index contributed by atoms with van der Waals surface area (Å²) in [5.74, 6) is -0.421. The maximum absolute atomic E-state index is 9.98. The molecule has 1 amide bonds. The summed E-state index contributed by atoms with van der Waals surface area (Å²) in [5, 5.41) is 0. The van der Waals surface area contributed by atoms with Crippen molar-refractivity contribution < 1.29 is 9.66 Å². The normalized spacial score (nSPS) is 18.9. The van der Waals surface area contributed by atoms with Crippen molar-refractivity contribution in [2.24, 2.45) is 0 Å². The average molecular weight is 101 g/mol. The van der Waals surface area contributed by atoms with Crippen LogP contribution in [0.3, 0.4) is 0 Å². The summed E-state index contributed by atoms with van der Waals surface area (Å²) < 4.78 is 0. The highest BCUT2D eigenvalue weighted by atomic mass is 16.3. The van der Waals surface area contributed by atoms with Gasteiger partial charge in [0, 0.05) is 0 Å². The van der Waals surface area contributed by atoms with Crippen molar-refractivity contribution in [3.63, 3.8) is 0 Å². The lowest BCUT2D eigenvalue weighted by molar-refractivity contribution is -0.556. The fourth-order valence-electron chi connectivity index (χ4n) is 0.281. The molecular weight excluding hydrogens is 98.0 g/mol. The van der Waals surface area contributed by atoms with Gasteiger partial charge in [-0.15, -0.1) is 0 Å². The number of hydrogen-bond donors (Lipinski definition) is 2. The number of amides is 1. The van der Waals surface area contributed by atoms with Gasteiger partial charge >= 0.3 is 12.5 Å². The first-order chi connectivity index (χ1) is 3.29. The maximum atomic E-state index is 9.98. The zero-order valence-electron chi connectivity index (χ0n) is 3.34. The number of nitrogens with one attached hydrogen (secondary N) is 2. The quantitative estimate of drug-likeness (QED) is 0.364.